The first-order chi connectivity index (χ1) is 4.83. The van der Waals surface area contributed by atoms with Gasteiger partial charge in [-0.25, -0.2) is 5.90 Å². The van der Waals surface area contributed by atoms with E-state index >= 15 is 0 Å². The Kier molecular flexibility index (Phi) is 2.42. The van der Waals surface area contributed by atoms with Gasteiger partial charge in [-0.2, -0.15) is 0 Å². The Morgan fingerprint density at radius 2 is 2.70 bits per heavy atom. The summed E-state index contributed by atoms with van der Waals surface area (Å²) in [5.74, 6) is 4.87. The number of allylic oxidation sites excluding steroid dienone is 1. The molecule has 0 radical (unpaired) electrons. The van der Waals surface area contributed by atoms with Gasteiger partial charge in [0, 0.05) is 5.70 Å². The highest BCUT2D eigenvalue weighted by Crippen LogP contribution is 1.95. The van der Waals surface area contributed by atoms with Crippen LogP contribution in [0.25, 0.3) is 0 Å². The molecule has 56 valence electrons. The number of aliphatic imine (C=N–C) groups is 1. The van der Waals surface area contributed by atoms with Gasteiger partial charge in [-0.15, -0.1) is 0 Å². The van der Waals surface area contributed by atoms with E-state index in [0.29, 0.717) is 13.3 Å². The van der Waals surface area contributed by atoms with Gasteiger partial charge in [0.25, 0.3) is 0 Å². The highest BCUT2D eigenvalue weighted by molar-refractivity contribution is 5.96. The summed E-state index contributed by atoms with van der Waals surface area (Å²) in [4.78, 5) is 8.52. The number of hydrogen-bond donors (Lipinski definition) is 2. The van der Waals surface area contributed by atoms with Gasteiger partial charge in [0.2, 0.25) is 0 Å². The first-order valence-electron chi connectivity index (χ1n) is 3.10. The van der Waals surface area contributed by atoms with Gasteiger partial charge >= 0.3 is 0 Å². The summed E-state index contributed by atoms with van der Waals surface area (Å²) >= 11 is 0. The quantitative estimate of drug-likeness (QED) is 0.523. The van der Waals surface area contributed by atoms with Gasteiger partial charge in [-0.3, -0.25) is 9.83 Å². The Bertz CT molecular complexity index is 174. The van der Waals surface area contributed by atoms with Crippen molar-refractivity contribution in [1.82, 2.24) is 5.32 Å². The summed E-state index contributed by atoms with van der Waals surface area (Å²) < 4.78 is 0. The Hall–Kier alpha value is -0.870. The minimum atomic E-state index is 0.388. The van der Waals surface area contributed by atoms with E-state index in [-0.39, 0.29) is 0 Å². The van der Waals surface area contributed by atoms with Crippen LogP contribution >= 0.6 is 0 Å². The molecule has 3 N–H and O–H groups in total. The summed E-state index contributed by atoms with van der Waals surface area (Å²) in [6, 6.07) is 0. The number of rotatable bonds is 2. The third kappa shape index (κ3) is 1.82. The largest absolute Gasteiger partial charge is 0.370 e. The highest BCUT2D eigenvalue weighted by Gasteiger charge is 2.00. The molecule has 0 aromatic rings. The van der Waals surface area contributed by atoms with E-state index in [2.05, 4.69) is 15.1 Å². The molecular formula is C6H11N3O. The van der Waals surface area contributed by atoms with Gasteiger partial charge in [0.15, 0.2) is 0 Å². The van der Waals surface area contributed by atoms with Gasteiger partial charge in [0.1, 0.15) is 13.3 Å². The molecule has 10 heavy (non-hydrogen) atoms. The molecule has 0 aromatic carbocycles. The lowest BCUT2D eigenvalue weighted by molar-refractivity contribution is 0.178. The molecule has 0 saturated heterocycles. The molecule has 1 aliphatic heterocycles. The molecule has 1 aliphatic rings. The lowest BCUT2D eigenvalue weighted by Gasteiger charge is -2.10. The van der Waals surface area contributed by atoms with E-state index in [1.807, 2.05) is 13.0 Å². The molecule has 0 atom stereocenters. The summed E-state index contributed by atoms with van der Waals surface area (Å²) in [6.07, 6.45) is 1.91. The Morgan fingerprint density at radius 1 is 1.90 bits per heavy atom. The van der Waals surface area contributed by atoms with E-state index in [1.54, 1.807) is 0 Å². The van der Waals surface area contributed by atoms with Crippen molar-refractivity contribution in [2.24, 2.45) is 10.9 Å². The molecule has 0 bridgehead atoms. The standard InChI is InChI=1S/C6H11N3O/c1-5-2-6(3-10-7)9-4-8-5/h2,8H,3-4,7H2,1H3. The minimum absolute atomic E-state index is 0.388. The van der Waals surface area contributed by atoms with Crippen molar-refractivity contribution in [3.05, 3.63) is 11.8 Å². The summed E-state index contributed by atoms with van der Waals surface area (Å²) in [5.41, 5.74) is 1.99. The predicted octanol–water partition coefficient (Wildman–Crippen LogP) is -0.218. The molecular weight excluding hydrogens is 130 g/mol. The fraction of sp³-hybridized carbons (Fsp3) is 0.500. The summed E-state index contributed by atoms with van der Waals surface area (Å²) in [6.45, 7) is 2.99. The maximum atomic E-state index is 4.87. The molecule has 1 heterocycles. The molecule has 4 nitrogen and oxygen atoms in total. The van der Waals surface area contributed by atoms with E-state index in [9.17, 15) is 0 Å². The van der Waals surface area contributed by atoms with Crippen molar-refractivity contribution in [1.29, 1.82) is 0 Å². The van der Waals surface area contributed by atoms with E-state index in [4.69, 9.17) is 5.90 Å². The average molecular weight is 141 g/mol. The topological polar surface area (TPSA) is 59.6 Å². The van der Waals surface area contributed by atoms with E-state index in [0.717, 1.165) is 11.4 Å². The monoisotopic (exact) mass is 141 g/mol. The Labute approximate surface area is 59.7 Å². The van der Waals surface area contributed by atoms with Gasteiger partial charge in [-0.05, 0) is 13.0 Å². The van der Waals surface area contributed by atoms with Crippen LogP contribution in [0.4, 0.5) is 0 Å². The minimum Gasteiger partial charge on any atom is -0.370 e. The van der Waals surface area contributed by atoms with Crippen LogP contribution in [0.15, 0.2) is 16.8 Å². The number of nitrogens with two attached hydrogens (primary N) is 1. The van der Waals surface area contributed by atoms with E-state index < -0.39 is 0 Å². The SMILES string of the molecule is CC1=CC(CON)=NCN1. The molecule has 4 heteroatoms. The predicted molar refractivity (Wildman–Crippen MR) is 39.3 cm³/mol. The second kappa shape index (κ2) is 3.34. The Morgan fingerprint density at radius 3 is 3.30 bits per heavy atom. The summed E-state index contributed by atoms with van der Waals surface area (Å²) in [5, 5.41) is 3.05. The molecule has 1 rings (SSSR count). The first kappa shape index (κ1) is 7.24. The van der Waals surface area contributed by atoms with Crippen molar-refractivity contribution in [3.63, 3.8) is 0 Å². The zero-order chi connectivity index (χ0) is 7.40. The Balaban J connectivity index is 2.51. The van der Waals surface area contributed by atoms with Crippen LogP contribution in [-0.4, -0.2) is 19.0 Å². The molecule has 0 aliphatic carbocycles. The fourth-order valence-corrected chi connectivity index (χ4v) is 0.785. The summed E-state index contributed by atoms with van der Waals surface area (Å²) in [7, 11) is 0. The zero-order valence-electron chi connectivity index (χ0n) is 5.92. The maximum absolute atomic E-state index is 4.87. The van der Waals surface area contributed by atoms with Crippen LogP contribution in [0.3, 0.4) is 0 Å². The maximum Gasteiger partial charge on any atom is 0.110 e. The second-order valence-corrected chi connectivity index (χ2v) is 2.12. The zero-order valence-corrected chi connectivity index (χ0v) is 5.92. The smallest absolute Gasteiger partial charge is 0.110 e. The van der Waals surface area contributed by atoms with Gasteiger partial charge in [-0.1, -0.05) is 0 Å². The molecule has 0 aromatic heterocycles. The average Bonchev–Trinajstić information content (AvgIpc) is 1.88. The normalized spacial score (nSPS) is 17.4. The molecule has 0 spiro atoms. The van der Waals surface area contributed by atoms with Crippen LogP contribution in [-0.2, 0) is 4.84 Å². The van der Waals surface area contributed by atoms with Crippen LogP contribution in [0.2, 0.25) is 0 Å². The van der Waals surface area contributed by atoms with Crippen molar-refractivity contribution < 1.29 is 4.84 Å². The molecule has 0 unspecified atom stereocenters. The van der Waals surface area contributed by atoms with Gasteiger partial charge < -0.3 is 5.32 Å². The van der Waals surface area contributed by atoms with Gasteiger partial charge in [0.05, 0.1) is 5.71 Å². The number of nitrogens with one attached hydrogen (secondary N) is 1. The van der Waals surface area contributed by atoms with Crippen LogP contribution in [0, 0.1) is 0 Å². The number of nitrogens with zero attached hydrogens (tertiary/aromatic N) is 1. The van der Waals surface area contributed by atoms with Crippen molar-refractivity contribution in [2.75, 3.05) is 13.3 Å². The second-order valence-electron chi connectivity index (χ2n) is 2.12. The van der Waals surface area contributed by atoms with Crippen LogP contribution in [0.5, 0.6) is 0 Å². The lowest BCUT2D eigenvalue weighted by Crippen LogP contribution is -2.22. The number of hydrogen-bond acceptors (Lipinski definition) is 4. The van der Waals surface area contributed by atoms with Crippen LogP contribution in [0.1, 0.15) is 6.92 Å². The third-order valence-electron chi connectivity index (χ3n) is 1.25. The molecule has 0 saturated carbocycles. The molecule has 0 fully saturated rings. The van der Waals surface area contributed by atoms with Crippen molar-refractivity contribution in [3.8, 4) is 0 Å². The van der Waals surface area contributed by atoms with Crippen LogP contribution < -0.4 is 11.2 Å². The molecule has 0 amide bonds. The third-order valence-corrected chi connectivity index (χ3v) is 1.25. The first-order valence-corrected chi connectivity index (χ1v) is 3.10. The van der Waals surface area contributed by atoms with Crippen molar-refractivity contribution >= 4 is 5.71 Å². The van der Waals surface area contributed by atoms with Crippen molar-refractivity contribution in [2.45, 2.75) is 6.92 Å². The lowest BCUT2D eigenvalue weighted by atomic mass is 10.3. The fourth-order valence-electron chi connectivity index (χ4n) is 0.785. The van der Waals surface area contributed by atoms with E-state index in [1.165, 1.54) is 0 Å². The highest BCUT2D eigenvalue weighted by atomic mass is 16.6.